The summed E-state index contributed by atoms with van der Waals surface area (Å²) in [5, 5.41) is 9.43. The van der Waals surface area contributed by atoms with Gasteiger partial charge in [-0.1, -0.05) is 12.1 Å². The Kier molecular flexibility index (Phi) is 4.41. The second-order valence-corrected chi connectivity index (χ2v) is 5.07. The zero-order valence-electron chi connectivity index (χ0n) is 11.2. The molecule has 0 radical (unpaired) electrons. The molecular weight excluding hydrogens is 289 g/mol. The Morgan fingerprint density at radius 3 is 2.29 bits per heavy atom. The van der Waals surface area contributed by atoms with Crippen molar-refractivity contribution in [3.63, 3.8) is 0 Å². The molecule has 0 aliphatic carbocycles. The van der Waals surface area contributed by atoms with E-state index in [1.165, 1.54) is 24.3 Å². The molecule has 1 aromatic carbocycles. The Hall–Kier alpha value is -1.76. The van der Waals surface area contributed by atoms with E-state index < -0.39 is 17.7 Å². The summed E-state index contributed by atoms with van der Waals surface area (Å²) in [5.74, 6) is -1.22. The van der Waals surface area contributed by atoms with Crippen molar-refractivity contribution in [1.82, 2.24) is 0 Å². The van der Waals surface area contributed by atoms with Crippen LogP contribution in [0.15, 0.2) is 24.3 Å². The fraction of sp³-hybridized carbons (Fsp3) is 0.500. The van der Waals surface area contributed by atoms with Crippen molar-refractivity contribution in [1.29, 1.82) is 0 Å². The molecule has 2 rings (SSSR count). The van der Waals surface area contributed by atoms with Gasteiger partial charge in [0.05, 0.1) is 5.41 Å². The third-order valence-corrected chi connectivity index (χ3v) is 3.60. The number of alkyl halides is 3. The van der Waals surface area contributed by atoms with Crippen molar-refractivity contribution in [2.75, 3.05) is 13.2 Å². The smallest absolute Gasteiger partial charge is 0.481 e. The number of benzene rings is 1. The first-order chi connectivity index (χ1) is 9.81. The van der Waals surface area contributed by atoms with Crippen LogP contribution in [0.25, 0.3) is 0 Å². The van der Waals surface area contributed by atoms with Crippen LogP contribution in [-0.2, 0) is 16.0 Å². The maximum atomic E-state index is 12.1. The third-order valence-electron chi connectivity index (χ3n) is 3.60. The van der Waals surface area contributed by atoms with E-state index in [0.717, 1.165) is 0 Å². The number of carboxylic acids is 1. The van der Waals surface area contributed by atoms with E-state index in [1.807, 2.05) is 0 Å². The Morgan fingerprint density at radius 1 is 1.24 bits per heavy atom. The molecular formula is C14H15F3O4. The van der Waals surface area contributed by atoms with Gasteiger partial charge in [-0.15, -0.1) is 13.2 Å². The lowest BCUT2D eigenvalue weighted by molar-refractivity contribution is -0.274. The lowest BCUT2D eigenvalue weighted by Gasteiger charge is -2.33. The summed E-state index contributed by atoms with van der Waals surface area (Å²) >= 11 is 0. The van der Waals surface area contributed by atoms with Crippen molar-refractivity contribution in [3.8, 4) is 5.75 Å². The molecule has 1 N–H and O–H groups in total. The number of carbonyl (C=O) groups is 1. The number of halogens is 3. The van der Waals surface area contributed by atoms with Gasteiger partial charge in [-0.05, 0) is 37.0 Å². The quantitative estimate of drug-likeness (QED) is 0.929. The van der Waals surface area contributed by atoms with Crippen molar-refractivity contribution in [3.05, 3.63) is 29.8 Å². The highest BCUT2D eigenvalue weighted by Gasteiger charge is 2.40. The van der Waals surface area contributed by atoms with E-state index in [4.69, 9.17) is 4.74 Å². The standard InChI is InChI=1S/C14H15F3O4/c15-14(16,17)21-11-3-1-10(2-4-11)9-13(12(18)19)5-7-20-8-6-13/h1-4H,5-9H2,(H,18,19). The minimum Gasteiger partial charge on any atom is -0.481 e. The van der Waals surface area contributed by atoms with E-state index in [2.05, 4.69) is 4.74 Å². The fourth-order valence-electron chi connectivity index (χ4n) is 2.43. The highest BCUT2D eigenvalue weighted by Crippen LogP contribution is 2.35. The number of rotatable bonds is 4. The normalized spacial score (nSPS) is 18.2. The molecule has 116 valence electrons. The van der Waals surface area contributed by atoms with E-state index in [-0.39, 0.29) is 12.2 Å². The van der Waals surface area contributed by atoms with Crippen LogP contribution in [0, 0.1) is 5.41 Å². The molecule has 0 amide bonds. The van der Waals surface area contributed by atoms with Gasteiger partial charge in [0.1, 0.15) is 5.75 Å². The van der Waals surface area contributed by atoms with Gasteiger partial charge in [0.25, 0.3) is 0 Å². The zero-order valence-corrected chi connectivity index (χ0v) is 11.2. The van der Waals surface area contributed by atoms with Gasteiger partial charge in [0.2, 0.25) is 0 Å². The molecule has 0 saturated carbocycles. The number of aliphatic carboxylic acids is 1. The van der Waals surface area contributed by atoms with Crippen molar-refractivity contribution in [2.45, 2.75) is 25.6 Å². The fourth-order valence-corrected chi connectivity index (χ4v) is 2.43. The predicted octanol–water partition coefficient (Wildman–Crippen LogP) is 3.01. The van der Waals surface area contributed by atoms with Crippen molar-refractivity contribution < 1.29 is 32.5 Å². The molecule has 1 fully saturated rings. The Bertz CT molecular complexity index is 490. The monoisotopic (exact) mass is 304 g/mol. The van der Waals surface area contributed by atoms with Gasteiger partial charge in [0.15, 0.2) is 0 Å². The van der Waals surface area contributed by atoms with Crippen LogP contribution in [0.1, 0.15) is 18.4 Å². The molecule has 0 aromatic heterocycles. The van der Waals surface area contributed by atoms with Crippen LogP contribution in [0.4, 0.5) is 13.2 Å². The molecule has 21 heavy (non-hydrogen) atoms. The number of hydrogen-bond acceptors (Lipinski definition) is 3. The lowest BCUT2D eigenvalue weighted by Crippen LogP contribution is -2.39. The molecule has 7 heteroatoms. The second-order valence-electron chi connectivity index (χ2n) is 5.07. The molecule has 0 bridgehead atoms. The SMILES string of the molecule is O=C(O)C1(Cc2ccc(OC(F)(F)F)cc2)CCOCC1. The molecule has 1 heterocycles. The van der Waals surface area contributed by atoms with E-state index in [9.17, 15) is 23.1 Å². The summed E-state index contributed by atoms with van der Waals surface area (Å²) in [6.45, 7) is 0.753. The molecule has 0 unspecified atom stereocenters. The molecule has 1 aromatic rings. The first kappa shape index (κ1) is 15.6. The van der Waals surface area contributed by atoms with Gasteiger partial charge < -0.3 is 14.6 Å². The highest BCUT2D eigenvalue weighted by atomic mass is 19.4. The van der Waals surface area contributed by atoms with Gasteiger partial charge in [-0.3, -0.25) is 4.79 Å². The predicted molar refractivity (Wildman–Crippen MR) is 67.0 cm³/mol. The Balaban J connectivity index is 2.09. The topological polar surface area (TPSA) is 55.8 Å². The summed E-state index contributed by atoms with van der Waals surface area (Å²) < 4.78 is 45.2. The minimum absolute atomic E-state index is 0.262. The second kappa shape index (κ2) is 5.93. The van der Waals surface area contributed by atoms with Crippen molar-refractivity contribution >= 4 is 5.97 Å². The maximum Gasteiger partial charge on any atom is 0.573 e. The lowest BCUT2D eigenvalue weighted by atomic mass is 9.75. The van der Waals surface area contributed by atoms with E-state index in [0.29, 0.717) is 31.6 Å². The summed E-state index contributed by atoms with van der Waals surface area (Å²) in [6.07, 6.45) is -3.69. The van der Waals surface area contributed by atoms with Gasteiger partial charge in [-0.2, -0.15) is 0 Å². The van der Waals surface area contributed by atoms with Crippen LogP contribution in [-0.4, -0.2) is 30.7 Å². The maximum absolute atomic E-state index is 12.1. The molecule has 1 saturated heterocycles. The average Bonchev–Trinajstić information content (AvgIpc) is 2.40. The highest BCUT2D eigenvalue weighted by molar-refractivity contribution is 5.75. The van der Waals surface area contributed by atoms with Gasteiger partial charge >= 0.3 is 12.3 Å². The first-order valence-electron chi connectivity index (χ1n) is 6.47. The zero-order chi connectivity index (χ0) is 15.5. The van der Waals surface area contributed by atoms with Crippen LogP contribution in [0.2, 0.25) is 0 Å². The summed E-state index contributed by atoms with van der Waals surface area (Å²) in [6, 6.07) is 5.30. The largest absolute Gasteiger partial charge is 0.573 e. The summed E-state index contributed by atoms with van der Waals surface area (Å²) in [7, 11) is 0. The molecule has 4 nitrogen and oxygen atoms in total. The average molecular weight is 304 g/mol. The number of hydrogen-bond donors (Lipinski definition) is 1. The Labute approximate surface area is 119 Å². The molecule has 0 spiro atoms. The molecule has 1 aliphatic heterocycles. The number of ether oxygens (including phenoxy) is 2. The molecule has 0 atom stereocenters. The van der Waals surface area contributed by atoms with Crippen LogP contribution in [0.3, 0.4) is 0 Å². The summed E-state index contributed by atoms with van der Waals surface area (Å²) in [5.41, 5.74) is -0.251. The van der Waals surface area contributed by atoms with E-state index in [1.54, 1.807) is 0 Å². The van der Waals surface area contributed by atoms with Gasteiger partial charge in [-0.25, -0.2) is 0 Å². The van der Waals surface area contributed by atoms with Crippen LogP contribution in [0.5, 0.6) is 5.75 Å². The van der Waals surface area contributed by atoms with Crippen molar-refractivity contribution in [2.24, 2.45) is 5.41 Å². The van der Waals surface area contributed by atoms with Crippen LogP contribution < -0.4 is 4.74 Å². The Morgan fingerprint density at radius 2 is 1.81 bits per heavy atom. The van der Waals surface area contributed by atoms with Gasteiger partial charge in [0, 0.05) is 13.2 Å². The summed E-state index contributed by atoms with van der Waals surface area (Å²) in [4.78, 5) is 11.5. The number of carboxylic acid groups (broad SMARTS) is 1. The van der Waals surface area contributed by atoms with Crippen LogP contribution >= 0.6 is 0 Å². The third kappa shape index (κ3) is 4.10. The van der Waals surface area contributed by atoms with E-state index >= 15 is 0 Å². The molecule has 1 aliphatic rings. The first-order valence-corrected chi connectivity index (χ1v) is 6.47. The minimum atomic E-state index is -4.73.